The van der Waals surface area contributed by atoms with Crippen molar-refractivity contribution in [3.8, 4) is 0 Å². The molecule has 0 spiro atoms. The van der Waals surface area contributed by atoms with Gasteiger partial charge in [-0.05, 0) is 54.3 Å². The third kappa shape index (κ3) is 3.40. The molecule has 0 aliphatic rings. The first kappa shape index (κ1) is 18.3. The van der Waals surface area contributed by atoms with Gasteiger partial charge in [0.2, 0.25) is 5.95 Å². The van der Waals surface area contributed by atoms with Gasteiger partial charge < -0.3 is 8.98 Å². The van der Waals surface area contributed by atoms with Gasteiger partial charge in [-0.25, -0.2) is 4.98 Å². The normalized spacial score (nSPS) is 11.9. The Bertz CT molecular complexity index is 1140. The van der Waals surface area contributed by atoms with E-state index < -0.39 is 11.7 Å². The fourth-order valence-corrected chi connectivity index (χ4v) is 3.70. The molecular weight excluding hydrogens is 391 g/mol. The largest absolute Gasteiger partial charge is 0.467 e. The van der Waals surface area contributed by atoms with Crippen LogP contribution in [0.2, 0.25) is 0 Å². The van der Waals surface area contributed by atoms with E-state index in [0.717, 1.165) is 17.7 Å². The lowest BCUT2D eigenvalue weighted by molar-refractivity contribution is -0.137. The van der Waals surface area contributed by atoms with Crippen LogP contribution in [0.15, 0.2) is 52.5 Å². The number of benzene rings is 1. The quantitative estimate of drug-likeness (QED) is 0.500. The summed E-state index contributed by atoms with van der Waals surface area (Å²) in [5, 5.41) is 4.51. The van der Waals surface area contributed by atoms with Crippen LogP contribution in [-0.4, -0.2) is 15.5 Å². The first-order valence-corrected chi connectivity index (χ1v) is 9.16. The Labute approximate surface area is 161 Å². The minimum Gasteiger partial charge on any atom is -0.467 e. The van der Waals surface area contributed by atoms with Gasteiger partial charge in [-0.1, -0.05) is 0 Å². The van der Waals surface area contributed by atoms with Crippen LogP contribution in [0, 0.1) is 6.92 Å². The van der Waals surface area contributed by atoms with Crippen molar-refractivity contribution in [3.05, 3.63) is 69.8 Å². The molecule has 1 N–H and O–H groups in total. The Morgan fingerprint density at radius 1 is 1.29 bits per heavy atom. The molecule has 0 atom stereocenters. The molecule has 144 valence electrons. The summed E-state index contributed by atoms with van der Waals surface area (Å²) in [5.74, 6) is 0.380. The highest BCUT2D eigenvalue weighted by Crippen LogP contribution is 2.32. The lowest BCUT2D eigenvalue weighted by Crippen LogP contribution is -2.16. The number of alkyl halides is 3. The number of rotatable bonds is 4. The standard InChI is InChI=1S/C19H14F3N3O2S/c1-11-6-8-28-16(11)17(26)24-18-23-14-9-12(19(20,21)22)4-5-15(14)25(18)10-13-3-2-7-27-13/h2-9H,10H2,1H3,(H,23,24,26). The van der Waals surface area contributed by atoms with E-state index in [1.807, 2.05) is 13.0 Å². The molecule has 0 unspecified atom stereocenters. The number of amides is 1. The second kappa shape index (κ2) is 6.83. The minimum atomic E-state index is -4.48. The summed E-state index contributed by atoms with van der Waals surface area (Å²) >= 11 is 1.28. The average Bonchev–Trinajstić information content (AvgIpc) is 3.35. The van der Waals surface area contributed by atoms with Gasteiger partial charge >= 0.3 is 6.18 Å². The van der Waals surface area contributed by atoms with E-state index in [1.54, 1.807) is 22.1 Å². The molecule has 5 nitrogen and oxygen atoms in total. The summed E-state index contributed by atoms with van der Waals surface area (Å²) in [6.45, 7) is 2.03. The van der Waals surface area contributed by atoms with Gasteiger partial charge in [0.05, 0.1) is 34.3 Å². The molecule has 1 amide bonds. The molecular formula is C19H14F3N3O2S. The van der Waals surface area contributed by atoms with Gasteiger partial charge in [-0.3, -0.25) is 10.1 Å². The van der Waals surface area contributed by atoms with Crippen LogP contribution in [0.3, 0.4) is 0 Å². The van der Waals surface area contributed by atoms with Crippen molar-refractivity contribution in [1.29, 1.82) is 0 Å². The highest BCUT2D eigenvalue weighted by atomic mass is 32.1. The number of thiophene rings is 1. The highest BCUT2D eigenvalue weighted by Gasteiger charge is 2.31. The lowest BCUT2D eigenvalue weighted by Gasteiger charge is -2.09. The van der Waals surface area contributed by atoms with Crippen LogP contribution in [0.5, 0.6) is 0 Å². The molecule has 0 aliphatic carbocycles. The van der Waals surface area contributed by atoms with Crippen molar-refractivity contribution in [2.45, 2.75) is 19.6 Å². The zero-order valence-corrected chi connectivity index (χ0v) is 15.4. The first-order chi connectivity index (χ1) is 13.3. The number of anilines is 1. The molecule has 0 radical (unpaired) electrons. The minimum absolute atomic E-state index is 0.139. The van der Waals surface area contributed by atoms with Gasteiger partial charge in [0.15, 0.2) is 0 Å². The highest BCUT2D eigenvalue weighted by molar-refractivity contribution is 7.12. The molecule has 0 bridgehead atoms. The SMILES string of the molecule is Cc1ccsc1C(=O)Nc1nc2cc(C(F)(F)F)ccc2n1Cc1ccco1. The summed E-state index contributed by atoms with van der Waals surface area (Å²) < 4.78 is 46.1. The van der Waals surface area contributed by atoms with Crippen LogP contribution >= 0.6 is 11.3 Å². The Hall–Kier alpha value is -3.07. The summed E-state index contributed by atoms with van der Waals surface area (Å²) in [6, 6.07) is 8.59. The smallest absolute Gasteiger partial charge is 0.416 e. The number of nitrogens with one attached hydrogen (secondary N) is 1. The van der Waals surface area contributed by atoms with Crippen molar-refractivity contribution in [2.24, 2.45) is 0 Å². The van der Waals surface area contributed by atoms with Crippen molar-refractivity contribution in [3.63, 3.8) is 0 Å². The van der Waals surface area contributed by atoms with Crippen LogP contribution in [-0.2, 0) is 12.7 Å². The van der Waals surface area contributed by atoms with E-state index in [0.29, 0.717) is 16.2 Å². The van der Waals surface area contributed by atoms with E-state index in [2.05, 4.69) is 10.3 Å². The first-order valence-electron chi connectivity index (χ1n) is 8.28. The van der Waals surface area contributed by atoms with Gasteiger partial charge in [-0.15, -0.1) is 11.3 Å². The number of halogens is 3. The second-order valence-electron chi connectivity index (χ2n) is 6.19. The zero-order chi connectivity index (χ0) is 19.9. The number of hydrogen-bond donors (Lipinski definition) is 1. The fraction of sp³-hybridized carbons (Fsp3) is 0.158. The molecule has 3 heterocycles. The van der Waals surface area contributed by atoms with Gasteiger partial charge in [0, 0.05) is 0 Å². The number of imidazole rings is 1. The molecule has 28 heavy (non-hydrogen) atoms. The maximum absolute atomic E-state index is 13.1. The third-order valence-corrected chi connectivity index (χ3v) is 5.28. The van der Waals surface area contributed by atoms with Gasteiger partial charge in [0.25, 0.3) is 5.91 Å². The van der Waals surface area contributed by atoms with E-state index in [4.69, 9.17) is 4.42 Å². The maximum atomic E-state index is 13.1. The second-order valence-corrected chi connectivity index (χ2v) is 7.11. The average molecular weight is 405 g/mol. The predicted octanol–water partition coefficient (Wildman–Crippen LogP) is 5.32. The number of carbonyl (C=O) groups is 1. The van der Waals surface area contributed by atoms with Crippen molar-refractivity contribution in [1.82, 2.24) is 9.55 Å². The van der Waals surface area contributed by atoms with Crippen LogP contribution in [0.1, 0.15) is 26.6 Å². The van der Waals surface area contributed by atoms with E-state index >= 15 is 0 Å². The molecule has 9 heteroatoms. The fourth-order valence-electron chi connectivity index (χ4n) is 2.88. The number of fused-ring (bicyclic) bond motifs is 1. The van der Waals surface area contributed by atoms with Crippen LogP contribution < -0.4 is 5.32 Å². The Balaban J connectivity index is 1.78. The summed E-state index contributed by atoms with van der Waals surface area (Å²) in [6.07, 6.45) is -2.97. The lowest BCUT2D eigenvalue weighted by atomic mass is 10.2. The van der Waals surface area contributed by atoms with E-state index in [1.165, 1.54) is 23.7 Å². The third-order valence-electron chi connectivity index (χ3n) is 4.26. The van der Waals surface area contributed by atoms with Gasteiger partial charge in [0.1, 0.15) is 5.76 Å². The van der Waals surface area contributed by atoms with Crippen LogP contribution in [0.25, 0.3) is 11.0 Å². The summed E-state index contributed by atoms with van der Waals surface area (Å²) in [4.78, 5) is 17.4. The molecule has 0 fully saturated rings. The molecule has 1 aromatic carbocycles. The zero-order valence-electron chi connectivity index (χ0n) is 14.6. The molecule has 3 aromatic heterocycles. The van der Waals surface area contributed by atoms with Gasteiger partial charge in [-0.2, -0.15) is 13.2 Å². The molecule has 0 aliphatic heterocycles. The number of furan rings is 1. The number of hydrogen-bond acceptors (Lipinski definition) is 4. The molecule has 0 saturated carbocycles. The number of nitrogens with zero attached hydrogens (tertiary/aromatic N) is 2. The van der Waals surface area contributed by atoms with E-state index in [-0.39, 0.29) is 23.9 Å². The predicted molar refractivity (Wildman–Crippen MR) is 99.6 cm³/mol. The number of aromatic nitrogens is 2. The Morgan fingerprint density at radius 3 is 2.75 bits per heavy atom. The maximum Gasteiger partial charge on any atom is 0.416 e. The number of carbonyl (C=O) groups excluding carboxylic acids is 1. The van der Waals surface area contributed by atoms with Crippen molar-refractivity contribution < 1.29 is 22.4 Å². The van der Waals surface area contributed by atoms with E-state index in [9.17, 15) is 18.0 Å². The molecule has 4 aromatic rings. The van der Waals surface area contributed by atoms with Crippen molar-refractivity contribution in [2.75, 3.05) is 5.32 Å². The number of aryl methyl sites for hydroxylation is 1. The molecule has 4 rings (SSSR count). The summed E-state index contributed by atoms with van der Waals surface area (Å²) in [5.41, 5.74) is 0.618. The van der Waals surface area contributed by atoms with Crippen LogP contribution in [0.4, 0.5) is 19.1 Å². The topological polar surface area (TPSA) is 60.1 Å². The summed E-state index contributed by atoms with van der Waals surface area (Å²) in [7, 11) is 0. The molecule has 0 saturated heterocycles. The van der Waals surface area contributed by atoms with Crippen molar-refractivity contribution >= 4 is 34.2 Å². The Morgan fingerprint density at radius 2 is 2.11 bits per heavy atom. The Kier molecular flexibility index (Phi) is 4.46. The monoisotopic (exact) mass is 405 g/mol.